The van der Waals surface area contributed by atoms with Crippen LogP contribution in [0.5, 0.6) is 0 Å². The number of rotatable bonds is 6. The van der Waals surface area contributed by atoms with Crippen LogP contribution in [0.25, 0.3) is 0 Å². The first kappa shape index (κ1) is 16.8. The second-order valence-electron chi connectivity index (χ2n) is 3.67. The molecule has 0 fully saturated rings. The summed E-state index contributed by atoms with van der Waals surface area (Å²) in [5, 5.41) is 5.02. The van der Waals surface area contributed by atoms with Gasteiger partial charge in [-0.3, -0.25) is 4.79 Å². The molecule has 1 aromatic rings. The molecule has 0 aromatic heterocycles. The first-order valence-electron chi connectivity index (χ1n) is 5.40. The molecule has 1 rings (SSSR count). The van der Waals surface area contributed by atoms with Crippen molar-refractivity contribution in [3.63, 3.8) is 0 Å². The van der Waals surface area contributed by atoms with Crippen molar-refractivity contribution >= 4 is 18.3 Å². The fraction of sp³-hybridized carbons (Fsp3) is 0.417. The highest BCUT2D eigenvalue weighted by molar-refractivity contribution is 5.85. The topological polar surface area (TPSA) is 41.1 Å². The molecule has 0 heterocycles. The largest absolute Gasteiger partial charge is 0.349 e. The minimum Gasteiger partial charge on any atom is -0.349 e. The van der Waals surface area contributed by atoms with Crippen molar-refractivity contribution in [2.75, 3.05) is 13.6 Å². The molecule has 0 bridgehead atoms. The fourth-order valence-electron chi connectivity index (χ4n) is 1.48. The molecule has 0 radical (unpaired) electrons. The molecule has 0 saturated heterocycles. The Hall–Kier alpha value is -1.20. The van der Waals surface area contributed by atoms with Gasteiger partial charge < -0.3 is 10.6 Å². The number of hydrogen-bond acceptors (Lipinski definition) is 2. The van der Waals surface area contributed by atoms with E-state index in [4.69, 9.17) is 0 Å². The highest BCUT2D eigenvalue weighted by atomic mass is 35.5. The third-order valence-corrected chi connectivity index (χ3v) is 2.38. The van der Waals surface area contributed by atoms with E-state index in [0.717, 1.165) is 5.56 Å². The highest BCUT2D eigenvalue weighted by Crippen LogP contribution is 2.03. The summed E-state index contributed by atoms with van der Waals surface area (Å²) < 4.78 is 23.9. The molecule has 18 heavy (non-hydrogen) atoms. The number of carbonyl (C=O) groups excluding carboxylic acids is 1. The maximum Gasteiger partial charge on any atom is 0.255 e. The maximum atomic E-state index is 12.0. The van der Waals surface area contributed by atoms with Crippen LogP contribution in [-0.4, -0.2) is 32.0 Å². The van der Waals surface area contributed by atoms with E-state index in [0.29, 0.717) is 6.42 Å². The van der Waals surface area contributed by atoms with Gasteiger partial charge in [-0.25, -0.2) is 8.78 Å². The summed E-state index contributed by atoms with van der Waals surface area (Å²) in [4.78, 5) is 11.6. The molecule has 0 unspecified atom stereocenters. The molecule has 0 aliphatic carbocycles. The Morgan fingerprint density at radius 3 is 2.39 bits per heavy atom. The van der Waals surface area contributed by atoms with Crippen molar-refractivity contribution in [3.05, 3.63) is 35.9 Å². The van der Waals surface area contributed by atoms with Gasteiger partial charge in [0, 0.05) is 0 Å². The lowest BCUT2D eigenvalue weighted by molar-refractivity contribution is -0.123. The Bertz CT molecular complexity index is 349. The normalized spacial score (nSPS) is 11.8. The van der Waals surface area contributed by atoms with E-state index in [-0.39, 0.29) is 12.4 Å². The molecule has 0 aliphatic heterocycles. The van der Waals surface area contributed by atoms with Crippen molar-refractivity contribution in [2.45, 2.75) is 18.9 Å². The van der Waals surface area contributed by atoms with Crippen molar-refractivity contribution < 1.29 is 13.6 Å². The highest BCUT2D eigenvalue weighted by Gasteiger charge is 2.17. The number of hydrogen-bond donors (Lipinski definition) is 2. The van der Waals surface area contributed by atoms with Crippen LogP contribution < -0.4 is 10.6 Å². The van der Waals surface area contributed by atoms with Gasteiger partial charge in [-0.2, -0.15) is 0 Å². The van der Waals surface area contributed by atoms with Gasteiger partial charge in [-0.05, 0) is 19.0 Å². The van der Waals surface area contributed by atoms with Gasteiger partial charge in [0.25, 0.3) is 6.43 Å². The van der Waals surface area contributed by atoms with Crippen LogP contribution in [0.2, 0.25) is 0 Å². The van der Waals surface area contributed by atoms with E-state index in [1.807, 2.05) is 30.3 Å². The molecule has 1 aromatic carbocycles. The first-order valence-corrected chi connectivity index (χ1v) is 5.40. The third kappa shape index (κ3) is 5.93. The number of likely N-dealkylation sites (N-methyl/N-ethyl adjacent to an activating group) is 1. The lowest BCUT2D eigenvalue weighted by Gasteiger charge is -2.15. The van der Waals surface area contributed by atoms with Crippen LogP contribution in [0.4, 0.5) is 8.78 Å². The van der Waals surface area contributed by atoms with E-state index in [9.17, 15) is 13.6 Å². The molecule has 102 valence electrons. The van der Waals surface area contributed by atoms with Gasteiger partial charge in [0.15, 0.2) is 0 Å². The predicted octanol–water partition coefficient (Wildman–Crippen LogP) is 1.62. The van der Waals surface area contributed by atoms with Crippen LogP contribution >= 0.6 is 12.4 Å². The van der Waals surface area contributed by atoms with Crippen LogP contribution in [-0.2, 0) is 11.2 Å². The van der Waals surface area contributed by atoms with Crippen molar-refractivity contribution in [1.29, 1.82) is 0 Å². The molecule has 0 saturated carbocycles. The summed E-state index contributed by atoms with van der Waals surface area (Å²) >= 11 is 0. The molecule has 3 nitrogen and oxygen atoms in total. The van der Waals surface area contributed by atoms with E-state index in [1.54, 1.807) is 7.05 Å². The van der Waals surface area contributed by atoms with Crippen LogP contribution in [0, 0.1) is 0 Å². The van der Waals surface area contributed by atoms with Gasteiger partial charge in [-0.1, -0.05) is 30.3 Å². The van der Waals surface area contributed by atoms with E-state index < -0.39 is 24.9 Å². The first-order chi connectivity index (χ1) is 8.13. The molecule has 1 amide bonds. The second-order valence-corrected chi connectivity index (χ2v) is 3.67. The Morgan fingerprint density at radius 1 is 1.28 bits per heavy atom. The number of benzene rings is 1. The molecule has 0 aliphatic rings. The van der Waals surface area contributed by atoms with Gasteiger partial charge in [0.1, 0.15) is 0 Å². The average molecular weight is 279 g/mol. The van der Waals surface area contributed by atoms with Crippen LogP contribution in [0.1, 0.15) is 5.56 Å². The standard InChI is InChI=1S/C12H16F2N2O.ClH/c1-15-10(12(17)16-8-11(13)14)7-9-5-3-2-4-6-9;/h2-6,10-11,15H,7-8H2,1H3,(H,16,17);1H/t10-;/m0./s1. The van der Waals surface area contributed by atoms with Crippen molar-refractivity contribution in [1.82, 2.24) is 10.6 Å². The summed E-state index contributed by atoms with van der Waals surface area (Å²) in [5.41, 5.74) is 0.985. The summed E-state index contributed by atoms with van der Waals surface area (Å²) in [5.74, 6) is -0.406. The Kier molecular flexibility index (Phi) is 8.24. The minimum absolute atomic E-state index is 0. The quantitative estimate of drug-likeness (QED) is 0.830. The predicted molar refractivity (Wildman–Crippen MR) is 69.3 cm³/mol. The monoisotopic (exact) mass is 278 g/mol. The average Bonchev–Trinajstić information content (AvgIpc) is 2.34. The van der Waals surface area contributed by atoms with E-state index in [2.05, 4.69) is 10.6 Å². The summed E-state index contributed by atoms with van der Waals surface area (Å²) in [6.07, 6.45) is -2.04. The zero-order valence-electron chi connectivity index (χ0n) is 10.0. The number of nitrogens with one attached hydrogen (secondary N) is 2. The van der Waals surface area contributed by atoms with Crippen LogP contribution in [0.15, 0.2) is 30.3 Å². The Labute approximate surface area is 111 Å². The molecule has 2 N–H and O–H groups in total. The summed E-state index contributed by atoms with van der Waals surface area (Å²) in [7, 11) is 1.63. The summed E-state index contributed by atoms with van der Waals surface area (Å²) in [6.45, 7) is -0.605. The lowest BCUT2D eigenvalue weighted by Crippen LogP contribution is -2.45. The van der Waals surface area contributed by atoms with E-state index in [1.165, 1.54) is 0 Å². The van der Waals surface area contributed by atoms with Crippen molar-refractivity contribution in [3.8, 4) is 0 Å². The SMILES string of the molecule is CN[C@@H](Cc1ccccc1)C(=O)NCC(F)F.Cl. The molecule has 0 spiro atoms. The number of halogens is 3. The molecule has 6 heteroatoms. The Balaban J connectivity index is 0.00000289. The second kappa shape index (κ2) is 8.83. The fourth-order valence-corrected chi connectivity index (χ4v) is 1.48. The number of amides is 1. The summed E-state index contributed by atoms with van der Waals surface area (Å²) in [6, 6.07) is 8.93. The van der Waals surface area contributed by atoms with Gasteiger partial charge in [0.2, 0.25) is 5.91 Å². The molecule has 1 atom stereocenters. The van der Waals surface area contributed by atoms with Gasteiger partial charge >= 0.3 is 0 Å². The smallest absolute Gasteiger partial charge is 0.255 e. The van der Waals surface area contributed by atoms with E-state index >= 15 is 0 Å². The van der Waals surface area contributed by atoms with Crippen LogP contribution in [0.3, 0.4) is 0 Å². The maximum absolute atomic E-state index is 12.0. The van der Waals surface area contributed by atoms with Crippen molar-refractivity contribution in [2.24, 2.45) is 0 Å². The number of carbonyl (C=O) groups is 1. The lowest BCUT2D eigenvalue weighted by atomic mass is 10.1. The third-order valence-electron chi connectivity index (χ3n) is 2.38. The molecular weight excluding hydrogens is 262 g/mol. The minimum atomic E-state index is -2.52. The molecular formula is C12H17ClF2N2O. The van der Waals surface area contributed by atoms with Gasteiger partial charge in [0.05, 0.1) is 12.6 Å². The zero-order valence-corrected chi connectivity index (χ0v) is 10.8. The Morgan fingerprint density at radius 2 is 1.89 bits per heavy atom. The van der Waals surface area contributed by atoms with Gasteiger partial charge in [-0.15, -0.1) is 12.4 Å². The zero-order chi connectivity index (χ0) is 12.7. The number of alkyl halides is 2.